The van der Waals surface area contributed by atoms with E-state index in [4.69, 9.17) is 5.26 Å². The Morgan fingerprint density at radius 1 is 1.40 bits per heavy atom. The van der Waals surface area contributed by atoms with E-state index in [1.54, 1.807) is 0 Å². The third kappa shape index (κ3) is 1.97. The van der Waals surface area contributed by atoms with Gasteiger partial charge in [0.25, 0.3) is 0 Å². The number of halogens is 2. The summed E-state index contributed by atoms with van der Waals surface area (Å²) in [6.07, 6.45) is 0.582. The Kier molecular flexibility index (Phi) is 2.65. The van der Waals surface area contributed by atoms with Crippen LogP contribution in [-0.4, -0.2) is 6.54 Å². The number of hydrogen-bond donors (Lipinski definition) is 1. The van der Waals surface area contributed by atoms with Crippen LogP contribution >= 0.6 is 0 Å². The van der Waals surface area contributed by atoms with E-state index in [9.17, 15) is 8.78 Å². The van der Waals surface area contributed by atoms with E-state index in [0.29, 0.717) is 18.5 Å². The largest absolute Gasteiger partial charge is 0.308 e. The smallest absolute Gasteiger partial charge is 0.130 e. The second-order valence-corrected chi connectivity index (χ2v) is 3.69. The molecule has 1 fully saturated rings. The summed E-state index contributed by atoms with van der Waals surface area (Å²) < 4.78 is 26.0. The van der Waals surface area contributed by atoms with Gasteiger partial charge in [0.1, 0.15) is 11.6 Å². The standard InChI is InChI=1S/C11H10F2N2/c12-8-1-2-9(10(13)4-8)11-3-7(5-14)6-15-11/h1-2,4,7,11,15H,3,6H2. The number of nitrogens with zero attached hydrogens (tertiary/aromatic N) is 1. The van der Waals surface area contributed by atoms with Crippen LogP contribution in [0.15, 0.2) is 18.2 Å². The average molecular weight is 208 g/mol. The molecule has 2 unspecified atom stereocenters. The highest BCUT2D eigenvalue weighted by atomic mass is 19.1. The first-order valence-corrected chi connectivity index (χ1v) is 4.78. The molecule has 0 bridgehead atoms. The van der Waals surface area contributed by atoms with E-state index in [0.717, 1.165) is 6.07 Å². The molecule has 0 spiro atoms. The van der Waals surface area contributed by atoms with Crippen molar-refractivity contribution in [3.05, 3.63) is 35.4 Å². The highest BCUT2D eigenvalue weighted by Crippen LogP contribution is 2.28. The summed E-state index contributed by atoms with van der Waals surface area (Å²) in [7, 11) is 0. The van der Waals surface area contributed by atoms with Crippen molar-refractivity contribution in [3.63, 3.8) is 0 Å². The molecule has 0 aliphatic carbocycles. The minimum Gasteiger partial charge on any atom is -0.308 e. The van der Waals surface area contributed by atoms with Crippen LogP contribution in [0.2, 0.25) is 0 Å². The molecular formula is C11H10F2N2. The maximum absolute atomic E-state index is 13.4. The molecule has 15 heavy (non-hydrogen) atoms. The van der Waals surface area contributed by atoms with Gasteiger partial charge in [-0.3, -0.25) is 0 Å². The SMILES string of the molecule is N#CC1CNC(c2ccc(F)cc2F)C1. The van der Waals surface area contributed by atoms with Gasteiger partial charge in [-0.1, -0.05) is 6.07 Å². The van der Waals surface area contributed by atoms with Crippen molar-refractivity contribution in [2.24, 2.45) is 5.92 Å². The monoisotopic (exact) mass is 208 g/mol. The fourth-order valence-electron chi connectivity index (χ4n) is 1.86. The fraction of sp³-hybridized carbons (Fsp3) is 0.364. The van der Waals surface area contributed by atoms with E-state index >= 15 is 0 Å². The quantitative estimate of drug-likeness (QED) is 0.767. The molecular weight excluding hydrogens is 198 g/mol. The number of rotatable bonds is 1. The van der Waals surface area contributed by atoms with Crippen LogP contribution in [0.4, 0.5) is 8.78 Å². The van der Waals surface area contributed by atoms with Gasteiger partial charge in [-0.2, -0.15) is 5.26 Å². The molecule has 1 saturated heterocycles. The van der Waals surface area contributed by atoms with E-state index in [2.05, 4.69) is 11.4 Å². The lowest BCUT2D eigenvalue weighted by molar-refractivity contribution is 0.537. The third-order valence-electron chi connectivity index (χ3n) is 2.65. The second kappa shape index (κ2) is 3.95. The van der Waals surface area contributed by atoms with Crippen LogP contribution in [0.5, 0.6) is 0 Å². The number of nitriles is 1. The first kappa shape index (κ1) is 10.1. The molecule has 1 aromatic rings. The van der Waals surface area contributed by atoms with Gasteiger partial charge >= 0.3 is 0 Å². The molecule has 1 aromatic carbocycles. The van der Waals surface area contributed by atoms with E-state index < -0.39 is 11.6 Å². The zero-order valence-electron chi connectivity index (χ0n) is 8.00. The normalized spacial score (nSPS) is 25.1. The van der Waals surface area contributed by atoms with Gasteiger partial charge in [0.05, 0.1) is 12.0 Å². The Hall–Kier alpha value is -1.47. The Morgan fingerprint density at radius 3 is 2.80 bits per heavy atom. The van der Waals surface area contributed by atoms with E-state index in [1.165, 1.54) is 12.1 Å². The highest BCUT2D eigenvalue weighted by Gasteiger charge is 2.26. The van der Waals surface area contributed by atoms with Gasteiger partial charge in [0.15, 0.2) is 0 Å². The molecule has 78 valence electrons. The van der Waals surface area contributed by atoms with Gasteiger partial charge in [-0.25, -0.2) is 8.78 Å². The summed E-state index contributed by atoms with van der Waals surface area (Å²) in [6, 6.07) is 5.50. The molecule has 1 heterocycles. The van der Waals surface area contributed by atoms with Crippen molar-refractivity contribution in [1.82, 2.24) is 5.32 Å². The predicted octanol–water partition coefficient (Wildman–Crippen LogP) is 2.14. The number of nitrogens with one attached hydrogen (secondary N) is 1. The van der Waals surface area contributed by atoms with Gasteiger partial charge in [-0.05, 0) is 12.5 Å². The first-order chi connectivity index (χ1) is 7.20. The molecule has 0 radical (unpaired) electrons. The highest BCUT2D eigenvalue weighted by molar-refractivity contribution is 5.23. The maximum atomic E-state index is 13.4. The topological polar surface area (TPSA) is 35.8 Å². The van der Waals surface area contributed by atoms with Crippen LogP contribution in [0.25, 0.3) is 0 Å². The van der Waals surface area contributed by atoms with E-state index in [1.807, 2.05) is 0 Å². The molecule has 2 nitrogen and oxygen atoms in total. The van der Waals surface area contributed by atoms with Crippen LogP contribution in [0, 0.1) is 28.9 Å². The molecule has 4 heteroatoms. The van der Waals surface area contributed by atoms with Crippen molar-refractivity contribution in [3.8, 4) is 6.07 Å². The molecule has 1 N–H and O–H groups in total. The van der Waals surface area contributed by atoms with E-state index in [-0.39, 0.29) is 12.0 Å². The summed E-state index contributed by atoms with van der Waals surface area (Å²) in [5.74, 6) is -1.21. The van der Waals surface area contributed by atoms with Gasteiger partial charge in [-0.15, -0.1) is 0 Å². The first-order valence-electron chi connectivity index (χ1n) is 4.78. The second-order valence-electron chi connectivity index (χ2n) is 3.69. The molecule has 0 aromatic heterocycles. The predicted molar refractivity (Wildman–Crippen MR) is 50.8 cm³/mol. The van der Waals surface area contributed by atoms with Gasteiger partial charge in [0, 0.05) is 24.2 Å². The Bertz CT molecular complexity index is 412. The Morgan fingerprint density at radius 2 is 2.20 bits per heavy atom. The van der Waals surface area contributed by atoms with Crippen LogP contribution in [-0.2, 0) is 0 Å². The number of hydrogen-bond acceptors (Lipinski definition) is 2. The summed E-state index contributed by atoms with van der Waals surface area (Å²) in [4.78, 5) is 0. The summed E-state index contributed by atoms with van der Waals surface area (Å²) in [6.45, 7) is 0.567. The summed E-state index contributed by atoms with van der Waals surface area (Å²) >= 11 is 0. The fourth-order valence-corrected chi connectivity index (χ4v) is 1.86. The Labute approximate surface area is 86.5 Å². The minimum absolute atomic E-state index is 0.0838. The van der Waals surface area contributed by atoms with Crippen LogP contribution in [0.1, 0.15) is 18.0 Å². The molecule has 0 saturated carbocycles. The van der Waals surface area contributed by atoms with Gasteiger partial charge in [0.2, 0.25) is 0 Å². The molecule has 1 aliphatic rings. The summed E-state index contributed by atoms with van der Waals surface area (Å²) in [5, 5.41) is 11.7. The molecule has 2 atom stereocenters. The lowest BCUT2D eigenvalue weighted by atomic mass is 10.0. The van der Waals surface area contributed by atoms with Gasteiger partial charge < -0.3 is 5.32 Å². The van der Waals surface area contributed by atoms with Crippen LogP contribution in [0.3, 0.4) is 0 Å². The molecule has 1 aliphatic heterocycles. The Balaban J connectivity index is 2.21. The van der Waals surface area contributed by atoms with Crippen molar-refractivity contribution in [1.29, 1.82) is 5.26 Å². The van der Waals surface area contributed by atoms with Crippen LogP contribution < -0.4 is 5.32 Å². The maximum Gasteiger partial charge on any atom is 0.130 e. The lowest BCUT2D eigenvalue weighted by Crippen LogP contribution is -2.14. The minimum atomic E-state index is -0.578. The average Bonchev–Trinajstić information content (AvgIpc) is 2.66. The molecule has 0 amide bonds. The number of benzene rings is 1. The zero-order valence-corrected chi connectivity index (χ0v) is 8.00. The van der Waals surface area contributed by atoms with Crippen molar-refractivity contribution in [2.75, 3.05) is 6.54 Å². The molecule has 2 rings (SSSR count). The summed E-state index contributed by atoms with van der Waals surface area (Å²) in [5.41, 5.74) is 0.439. The zero-order chi connectivity index (χ0) is 10.8. The van der Waals surface area contributed by atoms with Crippen molar-refractivity contribution >= 4 is 0 Å². The lowest BCUT2D eigenvalue weighted by Gasteiger charge is -2.11. The third-order valence-corrected chi connectivity index (χ3v) is 2.65. The van der Waals surface area contributed by atoms with Crippen molar-refractivity contribution < 1.29 is 8.78 Å². The van der Waals surface area contributed by atoms with Crippen molar-refractivity contribution in [2.45, 2.75) is 12.5 Å².